The van der Waals surface area contributed by atoms with Gasteiger partial charge in [-0.3, -0.25) is 0 Å². The van der Waals surface area contributed by atoms with Gasteiger partial charge in [-0.2, -0.15) is 0 Å². The fraction of sp³-hybridized carbons (Fsp3) is 0.385. The van der Waals surface area contributed by atoms with Crippen molar-refractivity contribution in [1.82, 2.24) is 0 Å². The molecule has 1 aromatic carbocycles. The first kappa shape index (κ1) is 14.1. The molecule has 1 N–H and O–H groups in total. The van der Waals surface area contributed by atoms with Gasteiger partial charge in [0.15, 0.2) is 11.3 Å². The van der Waals surface area contributed by atoms with Gasteiger partial charge in [0.25, 0.3) is 0 Å². The summed E-state index contributed by atoms with van der Waals surface area (Å²) in [6.45, 7) is 0.500. The minimum Gasteiger partial charge on any atom is -0.497 e. The van der Waals surface area contributed by atoms with E-state index in [-0.39, 0.29) is 13.2 Å². The molecule has 1 heterocycles. The van der Waals surface area contributed by atoms with Crippen molar-refractivity contribution in [3.05, 3.63) is 47.0 Å². The maximum atomic E-state index is 9.20. The number of rotatable bonds is 4. The van der Waals surface area contributed by atoms with Gasteiger partial charge < -0.3 is 24.1 Å². The summed E-state index contributed by atoms with van der Waals surface area (Å²) in [6, 6.07) is 7.35. The van der Waals surface area contributed by atoms with E-state index in [9.17, 15) is 5.11 Å². The molecule has 2 rings (SSSR count). The predicted molar refractivity (Wildman–Crippen MR) is 68.3 cm³/mol. The summed E-state index contributed by atoms with van der Waals surface area (Å²) in [4.78, 5) is 2.65. The van der Waals surface area contributed by atoms with Gasteiger partial charge in [0.05, 0.1) is 20.3 Å². The number of aliphatic hydroxyl groups is 1. The van der Waals surface area contributed by atoms with E-state index in [0.717, 1.165) is 17.5 Å². The van der Waals surface area contributed by atoms with Crippen LogP contribution < -0.4 is 4.74 Å². The number of diazo groups is 1. The van der Waals surface area contributed by atoms with Gasteiger partial charge in [0, 0.05) is 5.56 Å². The van der Waals surface area contributed by atoms with Crippen LogP contribution in [0.4, 0.5) is 0 Å². The van der Waals surface area contributed by atoms with E-state index < -0.39 is 18.3 Å². The maximum Gasteiger partial charge on any atom is 0.429 e. The minimum atomic E-state index is -0.493. The van der Waals surface area contributed by atoms with Gasteiger partial charge >= 0.3 is 12.1 Å². The molecule has 0 aromatic heterocycles. The van der Waals surface area contributed by atoms with E-state index in [1.807, 2.05) is 24.3 Å². The fourth-order valence-corrected chi connectivity index (χ4v) is 1.76. The topological polar surface area (TPSA) is 85.3 Å². The van der Waals surface area contributed by atoms with Crippen LogP contribution in [0.2, 0.25) is 0 Å². The van der Waals surface area contributed by atoms with Crippen molar-refractivity contribution in [1.29, 1.82) is 5.39 Å². The SMILES string of the molecule is COc1ccc(C2OCC(O/C(O)=C\[N+]#N)CO2)cc1. The van der Waals surface area contributed by atoms with Crippen LogP contribution >= 0.6 is 0 Å². The molecule has 0 radical (unpaired) electrons. The second kappa shape index (κ2) is 6.75. The van der Waals surface area contributed by atoms with E-state index in [2.05, 4.69) is 4.98 Å². The van der Waals surface area contributed by atoms with Crippen molar-refractivity contribution in [2.75, 3.05) is 20.3 Å². The lowest BCUT2D eigenvalue weighted by atomic mass is 10.2. The quantitative estimate of drug-likeness (QED) is 0.672. The zero-order valence-electron chi connectivity index (χ0n) is 10.9. The Morgan fingerprint density at radius 2 is 2.00 bits per heavy atom. The Bertz CT molecular complexity index is 500. The van der Waals surface area contributed by atoms with Gasteiger partial charge in [-0.15, -0.1) is 0 Å². The Labute approximate surface area is 115 Å². The lowest BCUT2D eigenvalue weighted by Crippen LogP contribution is -2.33. The van der Waals surface area contributed by atoms with Crippen molar-refractivity contribution >= 4 is 0 Å². The Morgan fingerprint density at radius 1 is 1.35 bits per heavy atom. The van der Waals surface area contributed by atoms with Crippen LogP contribution in [-0.4, -0.2) is 31.5 Å². The van der Waals surface area contributed by atoms with Gasteiger partial charge in [0.2, 0.25) is 5.39 Å². The second-order valence-electron chi connectivity index (χ2n) is 4.09. The largest absolute Gasteiger partial charge is 0.497 e. The minimum absolute atomic E-state index is 0.250. The van der Waals surface area contributed by atoms with E-state index in [4.69, 9.17) is 24.3 Å². The third-order valence-electron chi connectivity index (χ3n) is 2.71. The maximum absolute atomic E-state index is 9.20. The molecular formula is C13H15N2O5+. The summed E-state index contributed by atoms with van der Waals surface area (Å²) >= 11 is 0. The van der Waals surface area contributed by atoms with Crippen molar-refractivity contribution in [3.63, 3.8) is 0 Å². The molecule has 1 fully saturated rings. The van der Waals surface area contributed by atoms with Crippen molar-refractivity contribution < 1.29 is 24.1 Å². The van der Waals surface area contributed by atoms with Crippen LogP contribution in [0.15, 0.2) is 36.4 Å². The van der Waals surface area contributed by atoms with Gasteiger partial charge in [0.1, 0.15) is 11.9 Å². The molecular weight excluding hydrogens is 264 g/mol. The first-order chi connectivity index (χ1) is 9.72. The molecule has 0 unspecified atom stereocenters. The zero-order chi connectivity index (χ0) is 14.4. The summed E-state index contributed by atoms with van der Waals surface area (Å²) in [5.74, 6) is 0.265. The molecule has 7 nitrogen and oxygen atoms in total. The number of hydrogen-bond donors (Lipinski definition) is 1. The molecule has 1 saturated heterocycles. The predicted octanol–water partition coefficient (Wildman–Crippen LogP) is 2.34. The molecule has 1 aliphatic heterocycles. The van der Waals surface area contributed by atoms with Gasteiger partial charge in [-0.05, 0) is 12.1 Å². The van der Waals surface area contributed by atoms with Crippen molar-refractivity contribution in [2.45, 2.75) is 12.4 Å². The van der Waals surface area contributed by atoms with Crippen LogP contribution in [-0.2, 0) is 14.2 Å². The van der Waals surface area contributed by atoms with Crippen LogP contribution in [0, 0.1) is 5.39 Å². The molecule has 0 spiro atoms. The van der Waals surface area contributed by atoms with E-state index in [0.29, 0.717) is 0 Å². The average Bonchev–Trinajstić information content (AvgIpc) is 2.48. The molecule has 0 amide bonds. The molecule has 1 aromatic rings. The standard InChI is InChI=1S/C13H14N2O5/c1-17-10-4-2-9(3-5-10)13-18-7-11(8-19-13)20-12(16)6-15-14/h2-6,11,13H,7-8H2,1H3/p+1/b12-6-. The van der Waals surface area contributed by atoms with Crippen molar-refractivity contribution in [2.24, 2.45) is 0 Å². The monoisotopic (exact) mass is 279 g/mol. The zero-order valence-corrected chi connectivity index (χ0v) is 10.9. The first-order valence-corrected chi connectivity index (χ1v) is 6.00. The molecule has 7 heteroatoms. The van der Waals surface area contributed by atoms with Crippen LogP contribution in [0.1, 0.15) is 11.9 Å². The van der Waals surface area contributed by atoms with Gasteiger partial charge in [-0.25, -0.2) is 0 Å². The Balaban J connectivity index is 1.87. The normalized spacial score (nSPS) is 22.9. The second-order valence-corrected chi connectivity index (χ2v) is 4.09. The molecule has 0 bridgehead atoms. The number of methoxy groups -OCH3 is 1. The Hall–Kier alpha value is -2.30. The average molecular weight is 279 g/mol. The molecule has 1 aliphatic rings. The summed E-state index contributed by atoms with van der Waals surface area (Å²) in [5.41, 5.74) is 0.870. The highest BCUT2D eigenvalue weighted by atomic mass is 16.7. The third-order valence-corrected chi connectivity index (χ3v) is 2.71. The Morgan fingerprint density at radius 3 is 2.55 bits per heavy atom. The van der Waals surface area contributed by atoms with Gasteiger partial charge in [-0.1, -0.05) is 12.1 Å². The van der Waals surface area contributed by atoms with E-state index in [1.54, 1.807) is 7.11 Å². The summed E-state index contributed by atoms with van der Waals surface area (Å²) < 4.78 is 21.1. The lowest BCUT2D eigenvalue weighted by Gasteiger charge is -2.29. The van der Waals surface area contributed by atoms with Crippen LogP contribution in [0.25, 0.3) is 4.98 Å². The number of aliphatic hydroxyl groups excluding tert-OH is 1. The van der Waals surface area contributed by atoms with E-state index >= 15 is 0 Å². The highest BCUT2D eigenvalue weighted by Crippen LogP contribution is 2.25. The highest BCUT2D eigenvalue weighted by molar-refractivity contribution is 5.27. The summed E-state index contributed by atoms with van der Waals surface area (Å²) in [5, 5.41) is 17.4. The molecule has 0 atom stereocenters. The number of hydrogen-bond acceptors (Lipinski definition) is 6. The third kappa shape index (κ3) is 3.60. The molecule has 20 heavy (non-hydrogen) atoms. The van der Waals surface area contributed by atoms with Crippen molar-refractivity contribution in [3.8, 4) is 5.75 Å². The van der Waals surface area contributed by atoms with Crippen LogP contribution in [0.3, 0.4) is 0 Å². The smallest absolute Gasteiger partial charge is 0.429 e. The van der Waals surface area contributed by atoms with Crippen LogP contribution in [0.5, 0.6) is 5.75 Å². The lowest BCUT2D eigenvalue weighted by molar-refractivity contribution is -0.229. The molecule has 106 valence electrons. The number of ether oxygens (including phenoxy) is 4. The summed E-state index contributed by atoms with van der Waals surface area (Å²) in [6.07, 6.45) is -0.146. The Kier molecular flexibility index (Phi) is 4.76. The highest BCUT2D eigenvalue weighted by Gasteiger charge is 2.26. The molecule has 0 aliphatic carbocycles. The first-order valence-electron chi connectivity index (χ1n) is 6.00. The number of nitrogens with zero attached hydrogens (tertiary/aromatic N) is 2. The number of benzene rings is 1. The summed E-state index contributed by atoms with van der Waals surface area (Å²) in [7, 11) is 1.60. The van der Waals surface area contributed by atoms with E-state index in [1.165, 1.54) is 0 Å². The molecule has 0 saturated carbocycles. The fourth-order valence-electron chi connectivity index (χ4n) is 1.76.